The van der Waals surface area contributed by atoms with E-state index in [9.17, 15) is 9.18 Å². The van der Waals surface area contributed by atoms with Crippen LogP contribution in [-0.4, -0.2) is 41.5 Å². The lowest BCUT2D eigenvalue weighted by Crippen LogP contribution is -2.41. The molecule has 2 aliphatic rings. The summed E-state index contributed by atoms with van der Waals surface area (Å²) in [6, 6.07) is 9.76. The maximum atomic E-state index is 13.1. The van der Waals surface area contributed by atoms with E-state index in [0.29, 0.717) is 25.4 Å². The van der Waals surface area contributed by atoms with Gasteiger partial charge >= 0.3 is 6.09 Å². The zero-order valence-electron chi connectivity index (χ0n) is 14.8. The molecule has 6 nitrogen and oxygen atoms in total. The monoisotopic (exact) mass is 369 g/mol. The van der Waals surface area contributed by atoms with E-state index >= 15 is 0 Å². The molecule has 1 atom stereocenters. The molecule has 1 aromatic heterocycles. The van der Waals surface area contributed by atoms with Gasteiger partial charge in [0, 0.05) is 25.2 Å². The van der Waals surface area contributed by atoms with E-state index in [2.05, 4.69) is 9.98 Å². The summed E-state index contributed by atoms with van der Waals surface area (Å²) in [5, 5.41) is 0. The van der Waals surface area contributed by atoms with E-state index in [1.165, 1.54) is 18.3 Å². The van der Waals surface area contributed by atoms with Gasteiger partial charge in [-0.3, -0.25) is 9.98 Å². The number of aliphatic imine (C=N–C) groups is 1. The average molecular weight is 369 g/mol. The number of halogens is 1. The van der Waals surface area contributed by atoms with E-state index in [0.717, 1.165) is 24.3 Å². The Balaban J connectivity index is 1.28. The van der Waals surface area contributed by atoms with Gasteiger partial charge in [-0.25, -0.2) is 9.18 Å². The fourth-order valence-electron chi connectivity index (χ4n) is 3.35. The van der Waals surface area contributed by atoms with Crippen LogP contribution in [0.2, 0.25) is 0 Å². The van der Waals surface area contributed by atoms with Crippen molar-refractivity contribution in [2.75, 3.05) is 19.6 Å². The van der Waals surface area contributed by atoms with Gasteiger partial charge in [0.2, 0.25) is 0 Å². The van der Waals surface area contributed by atoms with Crippen LogP contribution in [0.1, 0.15) is 24.5 Å². The Kier molecular flexibility index (Phi) is 5.00. The Labute approximate surface area is 156 Å². The number of aromatic nitrogens is 1. The van der Waals surface area contributed by atoms with E-state index in [1.54, 1.807) is 35.4 Å². The molecule has 0 bridgehead atoms. The SMILES string of the molecule is O=C(Oc1cccnc1)N1CCC(C2=NCC(c3ccc(F)cc3)O2)CC1. The van der Waals surface area contributed by atoms with Gasteiger partial charge in [-0.05, 0) is 42.7 Å². The van der Waals surface area contributed by atoms with Gasteiger partial charge in [0.05, 0.1) is 12.7 Å². The summed E-state index contributed by atoms with van der Waals surface area (Å²) in [4.78, 5) is 22.4. The van der Waals surface area contributed by atoms with Crippen LogP contribution in [0.25, 0.3) is 0 Å². The number of hydrogen-bond donors (Lipinski definition) is 0. The highest BCUT2D eigenvalue weighted by atomic mass is 19.1. The van der Waals surface area contributed by atoms with Gasteiger partial charge in [-0.15, -0.1) is 0 Å². The zero-order chi connectivity index (χ0) is 18.6. The number of amides is 1. The van der Waals surface area contributed by atoms with Crippen molar-refractivity contribution in [3.05, 3.63) is 60.2 Å². The van der Waals surface area contributed by atoms with Crippen LogP contribution >= 0.6 is 0 Å². The van der Waals surface area contributed by atoms with Gasteiger partial charge in [-0.2, -0.15) is 0 Å². The lowest BCUT2D eigenvalue weighted by atomic mass is 9.97. The minimum atomic E-state index is -0.361. The maximum absolute atomic E-state index is 13.1. The second kappa shape index (κ2) is 7.73. The Hall–Kier alpha value is -2.96. The molecule has 2 aliphatic heterocycles. The summed E-state index contributed by atoms with van der Waals surface area (Å²) in [6.07, 6.45) is 4.18. The number of rotatable bonds is 3. The summed E-state index contributed by atoms with van der Waals surface area (Å²) >= 11 is 0. The first-order valence-electron chi connectivity index (χ1n) is 9.02. The number of likely N-dealkylation sites (tertiary alicyclic amines) is 1. The lowest BCUT2D eigenvalue weighted by molar-refractivity contribution is 0.132. The Morgan fingerprint density at radius 3 is 2.67 bits per heavy atom. The third-order valence-electron chi connectivity index (χ3n) is 4.86. The molecule has 27 heavy (non-hydrogen) atoms. The predicted molar refractivity (Wildman–Crippen MR) is 97.1 cm³/mol. The molecule has 2 aromatic rings. The van der Waals surface area contributed by atoms with Crippen molar-refractivity contribution in [2.45, 2.75) is 18.9 Å². The van der Waals surface area contributed by atoms with Gasteiger partial charge < -0.3 is 14.4 Å². The highest BCUT2D eigenvalue weighted by Gasteiger charge is 2.32. The molecule has 1 aromatic carbocycles. The topological polar surface area (TPSA) is 64.0 Å². The second-order valence-electron chi connectivity index (χ2n) is 6.65. The molecule has 1 unspecified atom stereocenters. The number of piperidine rings is 1. The van der Waals surface area contributed by atoms with Gasteiger partial charge in [-0.1, -0.05) is 12.1 Å². The number of hydrogen-bond acceptors (Lipinski definition) is 5. The van der Waals surface area contributed by atoms with Gasteiger partial charge in [0.15, 0.2) is 11.6 Å². The maximum Gasteiger partial charge on any atom is 0.415 e. The largest absolute Gasteiger partial charge is 0.471 e. The fourth-order valence-corrected chi connectivity index (χ4v) is 3.35. The smallest absolute Gasteiger partial charge is 0.415 e. The van der Waals surface area contributed by atoms with Gasteiger partial charge in [0.25, 0.3) is 0 Å². The van der Waals surface area contributed by atoms with Crippen molar-refractivity contribution in [3.8, 4) is 5.75 Å². The van der Waals surface area contributed by atoms with Crippen LogP contribution < -0.4 is 4.74 Å². The van der Waals surface area contributed by atoms with Crippen molar-refractivity contribution in [1.82, 2.24) is 9.88 Å². The Morgan fingerprint density at radius 2 is 1.96 bits per heavy atom. The van der Waals surface area contributed by atoms with Crippen LogP contribution in [0, 0.1) is 11.7 Å². The lowest BCUT2D eigenvalue weighted by Gasteiger charge is -2.31. The number of benzene rings is 1. The number of nitrogens with zero attached hydrogens (tertiary/aromatic N) is 3. The molecular weight excluding hydrogens is 349 g/mol. The van der Waals surface area contributed by atoms with Crippen LogP contribution in [0.5, 0.6) is 5.75 Å². The summed E-state index contributed by atoms with van der Waals surface area (Å²) in [5.74, 6) is 1.11. The summed E-state index contributed by atoms with van der Waals surface area (Å²) in [6.45, 7) is 1.73. The van der Waals surface area contributed by atoms with E-state index in [1.807, 2.05) is 0 Å². The first-order chi connectivity index (χ1) is 13.2. The van der Waals surface area contributed by atoms with Crippen molar-refractivity contribution < 1.29 is 18.7 Å². The molecule has 0 N–H and O–H groups in total. The molecule has 7 heteroatoms. The minimum Gasteiger partial charge on any atom is -0.471 e. The highest BCUT2D eigenvalue weighted by molar-refractivity contribution is 5.81. The Morgan fingerprint density at radius 1 is 1.19 bits per heavy atom. The third kappa shape index (κ3) is 4.07. The molecule has 1 fully saturated rings. The third-order valence-corrected chi connectivity index (χ3v) is 4.86. The van der Waals surface area contributed by atoms with Crippen molar-refractivity contribution in [2.24, 2.45) is 10.9 Å². The highest BCUT2D eigenvalue weighted by Crippen LogP contribution is 2.29. The van der Waals surface area contributed by atoms with Crippen LogP contribution in [0.4, 0.5) is 9.18 Å². The number of pyridine rings is 1. The quantitative estimate of drug-likeness (QED) is 0.829. The van der Waals surface area contributed by atoms with Crippen molar-refractivity contribution >= 4 is 12.0 Å². The molecule has 0 spiro atoms. The number of carbonyl (C=O) groups is 1. The molecule has 4 rings (SSSR count). The molecule has 1 saturated heterocycles. The zero-order valence-corrected chi connectivity index (χ0v) is 14.8. The first kappa shape index (κ1) is 17.5. The van der Waals surface area contributed by atoms with E-state index in [-0.39, 0.29) is 23.9 Å². The average Bonchev–Trinajstić information content (AvgIpc) is 3.20. The first-order valence-corrected chi connectivity index (χ1v) is 9.02. The second-order valence-corrected chi connectivity index (χ2v) is 6.65. The van der Waals surface area contributed by atoms with E-state index in [4.69, 9.17) is 9.47 Å². The van der Waals surface area contributed by atoms with E-state index < -0.39 is 0 Å². The number of carbonyl (C=O) groups excluding carboxylic acids is 1. The van der Waals surface area contributed by atoms with Gasteiger partial charge in [0.1, 0.15) is 11.9 Å². The molecule has 140 valence electrons. The number of ether oxygens (including phenoxy) is 2. The molecule has 0 aliphatic carbocycles. The van der Waals surface area contributed by atoms with Crippen LogP contribution in [-0.2, 0) is 4.74 Å². The molecular formula is C20H20FN3O3. The summed E-state index contributed by atoms with van der Waals surface area (Å²) in [7, 11) is 0. The molecule has 3 heterocycles. The fraction of sp³-hybridized carbons (Fsp3) is 0.350. The predicted octanol–water partition coefficient (Wildman–Crippen LogP) is 3.60. The summed E-state index contributed by atoms with van der Waals surface area (Å²) < 4.78 is 24.4. The van der Waals surface area contributed by atoms with Crippen molar-refractivity contribution in [3.63, 3.8) is 0 Å². The normalized spacial score (nSPS) is 20.1. The molecule has 0 saturated carbocycles. The van der Waals surface area contributed by atoms with Crippen LogP contribution in [0.15, 0.2) is 53.8 Å². The summed E-state index contributed by atoms with van der Waals surface area (Å²) in [5.41, 5.74) is 0.924. The van der Waals surface area contributed by atoms with Crippen LogP contribution in [0.3, 0.4) is 0 Å². The molecule has 0 radical (unpaired) electrons. The Bertz CT molecular complexity index is 818. The standard InChI is InChI=1S/C20H20FN3O3/c21-16-5-3-14(4-6-16)18-13-23-19(27-18)15-7-10-24(11-8-15)20(25)26-17-2-1-9-22-12-17/h1-6,9,12,15,18H,7-8,10-11,13H2. The minimum absolute atomic E-state index is 0.158. The molecule has 1 amide bonds. The van der Waals surface area contributed by atoms with Crippen molar-refractivity contribution in [1.29, 1.82) is 0 Å².